The van der Waals surface area contributed by atoms with Crippen molar-refractivity contribution in [2.75, 3.05) is 0 Å². The molecule has 9 heteroatoms. The molecule has 0 aromatic carbocycles. The summed E-state index contributed by atoms with van der Waals surface area (Å²) in [5, 5.41) is 20.4. The Labute approximate surface area is 423 Å². The zero-order chi connectivity index (χ0) is 52.1. The fraction of sp³-hybridized carbons (Fsp3) is 0.742. The summed E-state index contributed by atoms with van der Waals surface area (Å²) in [6, 6.07) is 4.41. The average molecular weight is 965 g/mol. The number of hydrogen-bond donors (Lipinski definition) is 0. The Morgan fingerprint density at radius 3 is 1.18 bits per heavy atom. The van der Waals surface area contributed by atoms with E-state index < -0.39 is 77.9 Å². The first-order chi connectivity index (χ1) is 32.7. The van der Waals surface area contributed by atoms with E-state index in [1.54, 1.807) is 0 Å². The molecule has 0 radical (unpaired) electrons. The number of Topliss-reactive ketones (excluding diaryl/α,β-unsaturated/α-hetero) is 2. The van der Waals surface area contributed by atoms with Gasteiger partial charge in [0.15, 0.2) is 23.1 Å². The maximum absolute atomic E-state index is 15.7. The first-order valence-corrected chi connectivity index (χ1v) is 27.3. The van der Waals surface area contributed by atoms with Crippen LogP contribution in [0.2, 0.25) is 0 Å². The number of hydrogen-bond acceptors (Lipinski definition) is 9. The minimum absolute atomic E-state index is 0.00329. The van der Waals surface area contributed by atoms with Crippen molar-refractivity contribution >= 4 is 35.1 Å². The van der Waals surface area contributed by atoms with Gasteiger partial charge in [-0.25, -0.2) is 0 Å². The van der Waals surface area contributed by atoms with Crippen molar-refractivity contribution in [2.45, 2.75) is 187 Å². The highest BCUT2D eigenvalue weighted by Gasteiger charge is 2.74. The maximum atomic E-state index is 15.7. The van der Waals surface area contributed by atoms with Gasteiger partial charge in [0, 0.05) is 33.5 Å². The van der Waals surface area contributed by atoms with Crippen LogP contribution < -0.4 is 0 Å². The molecular weight excluding hydrogens is 885 g/mol. The fourth-order valence-electron chi connectivity index (χ4n) is 20.3. The standard InChI is InChI=1S/C62H80N2O7/c1-51(2)19-23-61(25-21-59(13)45(37(61)31-51)39(65)27-43-55(9)29-35(33-63)47(67)53(5,6)41(55)15-17-57(43,59)11)49(69)71-50(70)62-24-20-52(3,4)32-38(62)46-40(66)28-44-56(10)30-36(34-64)48(68)54(7,8)42(56)16-18-58(44,12)60(46,14)22-26-62/h27-30,37-38,41-42,45-46H,15-26,31-32H2,1-14H3/t37?,38?,41-,42-,45?,46?,55-,56-,57+,58+,59+,60+,61-,62?/m0/s1. The van der Waals surface area contributed by atoms with Gasteiger partial charge in [-0.15, -0.1) is 0 Å². The minimum atomic E-state index is -1.05. The number of carbonyl (C=O) groups is 6. The van der Waals surface area contributed by atoms with Crippen LogP contribution in [0.25, 0.3) is 0 Å². The third-order valence-electron chi connectivity index (χ3n) is 24.7. The van der Waals surface area contributed by atoms with Gasteiger partial charge in [-0.05, 0) is 158 Å². The number of allylic oxidation sites excluding steroid dienone is 8. The summed E-state index contributed by atoms with van der Waals surface area (Å²) < 4.78 is 6.56. The largest absolute Gasteiger partial charge is 0.392 e. The highest BCUT2D eigenvalue weighted by Crippen LogP contribution is 2.77. The van der Waals surface area contributed by atoms with E-state index in [-0.39, 0.29) is 68.8 Å². The number of nitriles is 2. The molecule has 380 valence electrons. The summed E-state index contributed by atoms with van der Waals surface area (Å²) in [7, 11) is 0. The van der Waals surface area contributed by atoms with Gasteiger partial charge in [0.2, 0.25) is 0 Å². The molecule has 0 aromatic heterocycles. The predicted octanol–water partition coefficient (Wildman–Crippen LogP) is 12.5. The third-order valence-corrected chi connectivity index (χ3v) is 24.7. The van der Waals surface area contributed by atoms with Gasteiger partial charge in [0.05, 0.1) is 22.0 Å². The molecule has 10 aliphatic carbocycles. The number of carbonyl (C=O) groups excluding carboxylic acids is 6. The zero-order valence-electron chi connectivity index (χ0n) is 45.4. The van der Waals surface area contributed by atoms with Crippen LogP contribution in [0.1, 0.15) is 187 Å². The van der Waals surface area contributed by atoms with Gasteiger partial charge in [-0.3, -0.25) is 28.8 Å². The Morgan fingerprint density at radius 2 is 0.845 bits per heavy atom. The average Bonchev–Trinajstić information content (AvgIpc) is 3.27. The van der Waals surface area contributed by atoms with Crippen LogP contribution in [-0.4, -0.2) is 35.1 Å². The molecule has 0 aliphatic heterocycles. The second kappa shape index (κ2) is 14.7. The zero-order valence-corrected chi connectivity index (χ0v) is 45.4. The fourth-order valence-corrected chi connectivity index (χ4v) is 20.3. The second-order valence-corrected chi connectivity index (χ2v) is 29.5. The Kier molecular flexibility index (Phi) is 10.4. The van der Waals surface area contributed by atoms with Crippen LogP contribution in [0.3, 0.4) is 0 Å². The highest BCUT2D eigenvalue weighted by molar-refractivity contribution is 6.06. The van der Waals surface area contributed by atoms with Crippen LogP contribution in [0.5, 0.6) is 0 Å². The van der Waals surface area contributed by atoms with E-state index in [9.17, 15) is 20.1 Å². The van der Waals surface area contributed by atoms with E-state index in [0.717, 1.165) is 49.7 Å². The van der Waals surface area contributed by atoms with Gasteiger partial charge in [-0.2, -0.15) is 10.5 Å². The number of nitrogens with zero attached hydrogens (tertiary/aromatic N) is 2. The van der Waals surface area contributed by atoms with Crippen molar-refractivity contribution in [3.05, 3.63) is 46.6 Å². The van der Waals surface area contributed by atoms with E-state index in [4.69, 9.17) is 4.74 Å². The summed E-state index contributed by atoms with van der Waals surface area (Å²) in [5.74, 6) is -3.16. The van der Waals surface area contributed by atoms with E-state index in [2.05, 4.69) is 81.4 Å². The van der Waals surface area contributed by atoms with Crippen molar-refractivity contribution in [2.24, 2.45) is 100 Å². The quantitative estimate of drug-likeness (QED) is 0.194. The van der Waals surface area contributed by atoms with Crippen molar-refractivity contribution in [3.8, 4) is 12.1 Å². The van der Waals surface area contributed by atoms with Gasteiger partial charge in [0.1, 0.15) is 12.1 Å². The second-order valence-electron chi connectivity index (χ2n) is 29.5. The Morgan fingerprint density at radius 1 is 0.507 bits per heavy atom. The first kappa shape index (κ1) is 50.3. The molecule has 0 aromatic rings. The molecule has 0 heterocycles. The number of ether oxygens (including phenoxy) is 1. The molecule has 0 amide bonds. The maximum Gasteiger partial charge on any atom is 0.320 e. The number of rotatable bonds is 2. The van der Waals surface area contributed by atoms with Crippen LogP contribution >= 0.6 is 0 Å². The smallest absolute Gasteiger partial charge is 0.320 e. The van der Waals surface area contributed by atoms with Crippen LogP contribution in [0.15, 0.2) is 46.6 Å². The van der Waals surface area contributed by atoms with Crippen molar-refractivity contribution < 1.29 is 33.5 Å². The number of ketones is 4. The van der Waals surface area contributed by atoms with E-state index in [0.29, 0.717) is 51.4 Å². The van der Waals surface area contributed by atoms with E-state index >= 15 is 19.2 Å². The lowest BCUT2D eigenvalue weighted by molar-refractivity contribution is -0.207. The van der Waals surface area contributed by atoms with Crippen LogP contribution in [0.4, 0.5) is 0 Å². The molecule has 6 saturated carbocycles. The molecule has 0 bridgehead atoms. The highest BCUT2D eigenvalue weighted by atomic mass is 16.6. The molecule has 9 nitrogen and oxygen atoms in total. The molecule has 0 spiro atoms. The van der Waals surface area contributed by atoms with Crippen molar-refractivity contribution in [1.29, 1.82) is 10.5 Å². The lowest BCUT2D eigenvalue weighted by Crippen LogP contribution is -2.67. The third kappa shape index (κ3) is 6.08. The SMILES string of the molecule is CC1(C)CCC2(C(=O)OC(=O)[C@]34CCC(C)(C)CC3C3C(=O)C=C5[C@@]6(C)C=C(C#N)C(=O)C(C)(C)[C@@H]6CC[C@@]5(C)[C@]3(C)CC4)CC[C@]3(C)C(C(=O)C=C4[C@@]5(C)C=C(C#N)C(=O)C(C)(C)[C@@H]5CC[C@]43C)C2C1. The molecule has 71 heavy (non-hydrogen) atoms. The van der Waals surface area contributed by atoms with Crippen molar-refractivity contribution in [1.82, 2.24) is 0 Å². The predicted molar refractivity (Wildman–Crippen MR) is 269 cm³/mol. The number of esters is 2. The summed E-state index contributed by atoms with van der Waals surface area (Å²) in [6.45, 7) is 30.1. The molecule has 10 aliphatic rings. The van der Waals surface area contributed by atoms with Gasteiger partial charge >= 0.3 is 11.9 Å². The van der Waals surface area contributed by atoms with Gasteiger partial charge < -0.3 is 4.74 Å². The first-order valence-electron chi connectivity index (χ1n) is 27.3. The van der Waals surface area contributed by atoms with Crippen LogP contribution in [0, 0.1) is 123 Å². The van der Waals surface area contributed by atoms with Gasteiger partial charge in [-0.1, -0.05) is 120 Å². The molecule has 0 saturated heterocycles. The lowest BCUT2D eigenvalue weighted by atomic mass is 9.34. The molecule has 6 fully saturated rings. The Balaban J connectivity index is 1.01. The van der Waals surface area contributed by atoms with Crippen LogP contribution in [-0.2, 0) is 33.5 Å². The van der Waals surface area contributed by atoms with E-state index in [1.807, 2.05) is 52.0 Å². The normalized spacial score (nSPS) is 47.4. The minimum Gasteiger partial charge on any atom is -0.392 e. The molecule has 14 atom stereocenters. The van der Waals surface area contributed by atoms with Crippen molar-refractivity contribution in [3.63, 3.8) is 0 Å². The molecule has 10 rings (SSSR count). The monoisotopic (exact) mass is 965 g/mol. The topological polar surface area (TPSA) is 159 Å². The van der Waals surface area contributed by atoms with Gasteiger partial charge in [0.25, 0.3) is 0 Å². The Hall–Kier alpha value is -4.24. The molecule has 5 unspecified atom stereocenters. The molecule has 0 N–H and O–H groups in total. The summed E-state index contributed by atoms with van der Waals surface area (Å²) >= 11 is 0. The summed E-state index contributed by atoms with van der Waals surface area (Å²) in [4.78, 5) is 89.3. The summed E-state index contributed by atoms with van der Waals surface area (Å²) in [6.07, 6.45) is 16.5. The molecular formula is C62H80N2O7. The Bertz CT molecular complexity index is 2570. The van der Waals surface area contributed by atoms with E-state index in [1.165, 1.54) is 0 Å². The lowest BCUT2D eigenvalue weighted by Gasteiger charge is -2.69. The number of fused-ring (bicyclic) bond motifs is 14. The summed E-state index contributed by atoms with van der Waals surface area (Å²) in [5.41, 5.74) is -4.99.